The number of benzene rings is 2. The van der Waals surface area contributed by atoms with Gasteiger partial charge in [-0.1, -0.05) is 62.4 Å². The third kappa shape index (κ3) is 2.51. The number of hydrogen-bond acceptors (Lipinski definition) is 2. The number of hydrogen-bond donors (Lipinski definition) is 0. The van der Waals surface area contributed by atoms with Gasteiger partial charge in [-0.05, 0) is 73.0 Å². The summed E-state index contributed by atoms with van der Waals surface area (Å²) < 4.78 is 6.71. The molecule has 2 heterocycles. The minimum Gasteiger partial charge on any atom is -0.360 e. The van der Waals surface area contributed by atoms with Crippen LogP contribution in [0.1, 0.15) is 39.2 Å². The van der Waals surface area contributed by atoms with Crippen LogP contribution >= 0.6 is 0 Å². The van der Waals surface area contributed by atoms with E-state index in [2.05, 4.69) is 63.2 Å². The zero-order valence-electron chi connectivity index (χ0n) is 18.1. The van der Waals surface area contributed by atoms with Gasteiger partial charge in [0.25, 0.3) is 5.91 Å². The fourth-order valence-corrected chi connectivity index (χ4v) is 7.19. The van der Waals surface area contributed by atoms with E-state index in [1.54, 1.807) is 0 Å². The lowest BCUT2D eigenvalue weighted by Gasteiger charge is -2.62. The molecule has 2 aliphatic heterocycles. The molecule has 0 aromatic heterocycles. The molecule has 3 nitrogen and oxygen atoms in total. The molecule has 0 unspecified atom stereocenters. The minimum atomic E-state index is -0.293. The Bertz CT molecular complexity index is 971. The van der Waals surface area contributed by atoms with E-state index in [-0.39, 0.29) is 23.7 Å². The average molecular weight is 402 g/mol. The number of para-hydroxylation sites is 1. The highest BCUT2D eigenvalue weighted by atomic mass is 16.5. The van der Waals surface area contributed by atoms with Gasteiger partial charge in [-0.3, -0.25) is 4.79 Å². The molecule has 0 N–H and O–H groups in total. The van der Waals surface area contributed by atoms with Gasteiger partial charge in [0.15, 0.2) is 6.10 Å². The molecule has 2 saturated heterocycles. The van der Waals surface area contributed by atoms with Crippen LogP contribution in [0.4, 0.5) is 5.69 Å². The molecule has 30 heavy (non-hydrogen) atoms. The Morgan fingerprint density at radius 3 is 2.30 bits per heavy atom. The fourth-order valence-electron chi connectivity index (χ4n) is 7.19. The highest BCUT2D eigenvalue weighted by Gasteiger charge is 2.70. The van der Waals surface area contributed by atoms with E-state index in [1.807, 2.05) is 23.1 Å². The van der Waals surface area contributed by atoms with Gasteiger partial charge in [-0.2, -0.15) is 0 Å². The SMILES string of the molecule is CC1(C)[C@@H]2C[C@@H]3[C@@H](Cc4ccccc4)[C@H]4[C@@H](O[C@]3(C)C[C@@H]21)C(=O)N4c1ccccc1. The van der Waals surface area contributed by atoms with Gasteiger partial charge in [0.05, 0.1) is 11.6 Å². The van der Waals surface area contributed by atoms with E-state index in [0.717, 1.165) is 30.4 Å². The number of carbonyl (C=O) groups is 1. The largest absolute Gasteiger partial charge is 0.360 e. The predicted molar refractivity (Wildman–Crippen MR) is 118 cm³/mol. The van der Waals surface area contributed by atoms with Crippen LogP contribution in [0.3, 0.4) is 0 Å². The van der Waals surface area contributed by atoms with Crippen LogP contribution in [0.15, 0.2) is 60.7 Å². The summed E-state index contributed by atoms with van der Waals surface area (Å²) in [5, 5.41) is 0. The molecule has 4 aliphatic rings. The second-order valence-electron chi connectivity index (χ2n) is 10.8. The average Bonchev–Trinajstić information content (AvgIpc) is 3.27. The van der Waals surface area contributed by atoms with E-state index < -0.39 is 0 Å². The number of rotatable bonds is 3. The topological polar surface area (TPSA) is 29.5 Å². The first kappa shape index (κ1) is 18.6. The molecule has 7 atom stereocenters. The standard InChI is InChI=1S/C27H31NO2/c1-26(2)21-15-20-19(14-17-10-6-4-7-11-17)23-24(30-27(20,3)16-22(21)26)25(29)28(23)18-12-8-5-9-13-18/h4-13,19-24H,14-16H2,1-3H3/t19-,20-,21-,22+,23+,24-,27-/m1/s1. The molecule has 4 fully saturated rings. The van der Waals surface area contributed by atoms with Crippen molar-refractivity contribution in [2.45, 2.75) is 57.8 Å². The van der Waals surface area contributed by atoms with Gasteiger partial charge in [0.1, 0.15) is 0 Å². The molecule has 156 valence electrons. The molecule has 6 rings (SSSR count). The van der Waals surface area contributed by atoms with Gasteiger partial charge in [0, 0.05) is 5.69 Å². The zero-order valence-corrected chi connectivity index (χ0v) is 18.1. The fraction of sp³-hybridized carbons (Fsp3) is 0.519. The normalized spacial score (nSPS) is 40.6. The second-order valence-corrected chi connectivity index (χ2v) is 10.8. The first-order valence-corrected chi connectivity index (χ1v) is 11.5. The molecule has 2 aromatic rings. The number of carbonyl (C=O) groups excluding carboxylic acids is 1. The van der Waals surface area contributed by atoms with Crippen molar-refractivity contribution in [1.82, 2.24) is 0 Å². The first-order chi connectivity index (χ1) is 14.4. The number of anilines is 1. The minimum absolute atomic E-state index is 0.136. The predicted octanol–water partition coefficient (Wildman–Crippen LogP) is 5.10. The van der Waals surface area contributed by atoms with E-state index >= 15 is 0 Å². The van der Waals surface area contributed by atoms with Crippen LogP contribution in [0, 0.1) is 29.1 Å². The summed E-state index contributed by atoms with van der Waals surface area (Å²) in [4.78, 5) is 15.3. The van der Waals surface area contributed by atoms with Gasteiger partial charge in [0.2, 0.25) is 0 Å². The molecular weight excluding hydrogens is 370 g/mol. The van der Waals surface area contributed by atoms with Crippen LogP contribution in [0.5, 0.6) is 0 Å². The molecule has 0 bridgehead atoms. The number of nitrogens with zero attached hydrogens (tertiary/aromatic N) is 1. The third-order valence-corrected chi connectivity index (χ3v) is 8.99. The molecule has 1 amide bonds. The third-order valence-electron chi connectivity index (χ3n) is 8.99. The molecule has 0 spiro atoms. The van der Waals surface area contributed by atoms with Crippen molar-refractivity contribution < 1.29 is 9.53 Å². The number of fused-ring (bicyclic) bond motifs is 3. The van der Waals surface area contributed by atoms with E-state index in [1.165, 1.54) is 12.0 Å². The Labute approximate surface area is 179 Å². The van der Waals surface area contributed by atoms with Crippen molar-refractivity contribution in [3.63, 3.8) is 0 Å². The summed E-state index contributed by atoms with van der Waals surface area (Å²) in [5.74, 6) is 2.59. The lowest BCUT2D eigenvalue weighted by atomic mass is 9.61. The maximum Gasteiger partial charge on any atom is 0.258 e. The second kappa shape index (κ2) is 6.20. The highest BCUT2D eigenvalue weighted by Crippen LogP contribution is 2.70. The highest BCUT2D eigenvalue weighted by molar-refractivity contribution is 6.05. The van der Waals surface area contributed by atoms with Crippen LogP contribution in [-0.4, -0.2) is 23.7 Å². The van der Waals surface area contributed by atoms with Gasteiger partial charge in [-0.25, -0.2) is 0 Å². The molecule has 2 aliphatic carbocycles. The number of amides is 1. The van der Waals surface area contributed by atoms with Crippen molar-refractivity contribution >= 4 is 11.6 Å². The van der Waals surface area contributed by atoms with Crippen LogP contribution in [0.25, 0.3) is 0 Å². The molecule has 2 saturated carbocycles. The van der Waals surface area contributed by atoms with Gasteiger partial charge in [-0.15, -0.1) is 0 Å². The van der Waals surface area contributed by atoms with E-state index in [0.29, 0.717) is 17.3 Å². The Morgan fingerprint density at radius 2 is 1.60 bits per heavy atom. The first-order valence-electron chi connectivity index (χ1n) is 11.5. The zero-order chi connectivity index (χ0) is 20.7. The van der Waals surface area contributed by atoms with Crippen LogP contribution in [-0.2, 0) is 16.0 Å². The quantitative estimate of drug-likeness (QED) is 0.670. The van der Waals surface area contributed by atoms with E-state index in [9.17, 15) is 4.79 Å². The maximum atomic E-state index is 13.2. The van der Waals surface area contributed by atoms with Crippen molar-refractivity contribution in [1.29, 1.82) is 0 Å². The number of β-lactam (4-membered cyclic amide) rings is 1. The smallest absolute Gasteiger partial charge is 0.258 e. The molecule has 2 aromatic carbocycles. The lowest BCUT2D eigenvalue weighted by Crippen LogP contribution is -2.76. The molecular formula is C27H31NO2. The van der Waals surface area contributed by atoms with Crippen LogP contribution in [0.2, 0.25) is 0 Å². The summed E-state index contributed by atoms with van der Waals surface area (Å²) >= 11 is 0. The van der Waals surface area contributed by atoms with Crippen molar-refractivity contribution in [2.75, 3.05) is 4.90 Å². The summed E-state index contributed by atoms with van der Waals surface area (Å²) in [7, 11) is 0. The Balaban J connectivity index is 1.40. The Kier molecular flexibility index (Phi) is 3.85. The van der Waals surface area contributed by atoms with E-state index in [4.69, 9.17) is 4.74 Å². The monoisotopic (exact) mass is 401 g/mol. The summed E-state index contributed by atoms with van der Waals surface area (Å²) in [6.07, 6.45) is 3.05. The lowest BCUT2D eigenvalue weighted by molar-refractivity contribution is -0.218. The van der Waals surface area contributed by atoms with Crippen LogP contribution < -0.4 is 4.90 Å². The molecule has 0 radical (unpaired) electrons. The maximum absolute atomic E-state index is 13.2. The summed E-state index contributed by atoms with van der Waals surface area (Å²) in [5.41, 5.74) is 2.61. The van der Waals surface area contributed by atoms with Crippen molar-refractivity contribution in [2.24, 2.45) is 29.1 Å². The van der Waals surface area contributed by atoms with Gasteiger partial charge >= 0.3 is 0 Å². The van der Waals surface area contributed by atoms with Crippen molar-refractivity contribution in [3.8, 4) is 0 Å². The van der Waals surface area contributed by atoms with Gasteiger partial charge < -0.3 is 9.64 Å². The Hall–Kier alpha value is -2.13. The Morgan fingerprint density at radius 1 is 0.933 bits per heavy atom. The summed E-state index contributed by atoms with van der Waals surface area (Å²) in [6.45, 7) is 7.14. The van der Waals surface area contributed by atoms with Crippen molar-refractivity contribution in [3.05, 3.63) is 66.2 Å². The molecule has 3 heteroatoms. The summed E-state index contributed by atoms with van der Waals surface area (Å²) in [6, 6.07) is 21.1. The number of ether oxygens (including phenoxy) is 1.